The molecule has 23 heavy (non-hydrogen) atoms. The molecular formula is C17H28N4O2. The lowest BCUT2D eigenvalue weighted by Crippen LogP contribution is -2.41. The number of aromatic nitrogens is 1. The normalized spacial score (nSPS) is 18.6. The predicted molar refractivity (Wildman–Crippen MR) is 90.6 cm³/mol. The van der Waals surface area contributed by atoms with Gasteiger partial charge in [-0.25, -0.2) is 4.79 Å². The van der Waals surface area contributed by atoms with Crippen LogP contribution in [0.15, 0.2) is 24.5 Å². The third-order valence-electron chi connectivity index (χ3n) is 4.22. The molecule has 0 bridgehead atoms. The first-order chi connectivity index (χ1) is 11.2. The first-order valence-corrected chi connectivity index (χ1v) is 8.39. The monoisotopic (exact) mass is 320 g/mol. The smallest absolute Gasteiger partial charge is 0.317 e. The standard InChI is InChI=1S/C17H28N4O2/c1-20(2)15-6-4-11-21(12-8-15)17(22)19-10-5-13-23-16-7-3-9-18-14-16/h3,7,9,14-15H,4-6,8,10-13H2,1-2H3,(H,19,22)/t15-/m1/s1. The van der Waals surface area contributed by atoms with Gasteiger partial charge in [-0.05, 0) is 51.9 Å². The summed E-state index contributed by atoms with van der Waals surface area (Å²) in [6.45, 7) is 2.89. The summed E-state index contributed by atoms with van der Waals surface area (Å²) < 4.78 is 5.56. The van der Waals surface area contributed by atoms with Crippen molar-refractivity contribution in [1.82, 2.24) is 20.1 Å². The van der Waals surface area contributed by atoms with Crippen LogP contribution in [0.3, 0.4) is 0 Å². The Morgan fingerprint density at radius 1 is 1.43 bits per heavy atom. The van der Waals surface area contributed by atoms with E-state index in [9.17, 15) is 4.79 Å². The van der Waals surface area contributed by atoms with E-state index < -0.39 is 0 Å². The molecule has 2 rings (SSSR count). The number of rotatable bonds is 6. The van der Waals surface area contributed by atoms with Crippen LogP contribution in [0.5, 0.6) is 5.75 Å². The molecule has 1 aromatic heterocycles. The van der Waals surface area contributed by atoms with Crippen molar-refractivity contribution in [3.8, 4) is 5.75 Å². The number of amides is 2. The zero-order valence-corrected chi connectivity index (χ0v) is 14.2. The van der Waals surface area contributed by atoms with Crippen LogP contribution in [0.4, 0.5) is 4.79 Å². The summed E-state index contributed by atoms with van der Waals surface area (Å²) in [5.74, 6) is 0.765. The van der Waals surface area contributed by atoms with Crippen molar-refractivity contribution in [1.29, 1.82) is 0 Å². The minimum absolute atomic E-state index is 0.0470. The summed E-state index contributed by atoms with van der Waals surface area (Å²) in [4.78, 5) is 20.4. The highest BCUT2D eigenvalue weighted by molar-refractivity contribution is 5.74. The van der Waals surface area contributed by atoms with Gasteiger partial charge in [0.25, 0.3) is 0 Å². The Balaban J connectivity index is 1.61. The van der Waals surface area contributed by atoms with Gasteiger partial charge in [0.15, 0.2) is 0 Å². The third kappa shape index (κ3) is 6.06. The number of pyridine rings is 1. The fourth-order valence-corrected chi connectivity index (χ4v) is 2.80. The summed E-state index contributed by atoms with van der Waals surface area (Å²) in [7, 11) is 4.23. The molecule has 0 radical (unpaired) electrons. The highest BCUT2D eigenvalue weighted by Crippen LogP contribution is 2.14. The summed E-state index contributed by atoms with van der Waals surface area (Å²) >= 11 is 0. The van der Waals surface area contributed by atoms with Crippen LogP contribution in [0.2, 0.25) is 0 Å². The van der Waals surface area contributed by atoms with Gasteiger partial charge in [0.05, 0.1) is 12.8 Å². The van der Waals surface area contributed by atoms with Gasteiger partial charge in [0, 0.05) is 31.9 Å². The first kappa shape index (κ1) is 17.5. The lowest BCUT2D eigenvalue weighted by atomic mass is 10.1. The van der Waals surface area contributed by atoms with E-state index in [0.29, 0.717) is 19.2 Å². The Bertz CT molecular complexity index is 467. The molecule has 1 fully saturated rings. The molecule has 6 nitrogen and oxygen atoms in total. The number of likely N-dealkylation sites (tertiary alicyclic amines) is 1. The van der Waals surface area contributed by atoms with Crippen LogP contribution in [-0.2, 0) is 0 Å². The molecule has 6 heteroatoms. The van der Waals surface area contributed by atoms with Crippen LogP contribution in [-0.4, -0.2) is 67.2 Å². The number of urea groups is 1. The van der Waals surface area contributed by atoms with Crippen LogP contribution in [0, 0.1) is 0 Å². The fourth-order valence-electron chi connectivity index (χ4n) is 2.80. The third-order valence-corrected chi connectivity index (χ3v) is 4.22. The molecule has 1 atom stereocenters. The number of ether oxygens (including phenoxy) is 1. The van der Waals surface area contributed by atoms with E-state index >= 15 is 0 Å². The van der Waals surface area contributed by atoms with Crippen molar-refractivity contribution >= 4 is 6.03 Å². The van der Waals surface area contributed by atoms with Crippen LogP contribution < -0.4 is 10.1 Å². The lowest BCUT2D eigenvalue weighted by Gasteiger charge is -2.23. The van der Waals surface area contributed by atoms with Gasteiger partial charge in [-0.15, -0.1) is 0 Å². The molecule has 1 aliphatic rings. The van der Waals surface area contributed by atoms with Gasteiger partial charge in [-0.3, -0.25) is 4.98 Å². The Morgan fingerprint density at radius 3 is 3.04 bits per heavy atom. The van der Waals surface area contributed by atoms with Gasteiger partial charge in [0.2, 0.25) is 0 Å². The molecule has 2 heterocycles. The maximum atomic E-state index is 12.2. The van der Waals surface area contributed by atoms with E-state index in [-0.39, 0.29) is 6.03 Å². The Labute approximate surface area is 138 Å². The molecule has 0 spiro atoms. The Morgan fingerprint density at radius 2 is 2.30 bits per heavy atom. The van der Waals surface area contributed by atoms with Gasteiger partial charge >= 0.3 is 6.03 Å². The van der Waals surface area contributed by atoms with E-state index in [2.05, 4.69) is 29.3 Å². The second kappa shape index (κ2) is 9.35. The zero-order chi connectivity index (χ0) is 16.5. The van der Waals surface area contributed by atoms with E-state index in [1.54, 1.807) is 12.4 Å². The molecule has 1 saturated heterocycles. The molecule has 0 unspecified atom stereocenters. The molecule has 1 aliphatic heterocycles. The molecule has 2 amide bonds. The largest absolute Gasteiger partial charge is 0.492 e. The second-order valence-corrected chi connectivity index (χ2v) is 6.16. The molecule has 1 N–H and O–H groups in total. The van der Waals surface area contributed by atoms with Crippen LogP contribution in [0.25, 0.3) is 0 Å². The average Bonchev–Trinajstić information content (AvgIpc) is 2.81. The van der Waals surface area contributed by atoms with E-state index in [0.717, 1.165) is 44.5 Å². The number of carbonyl (C=O) groups excluding carboxylic acids is 1. The van der Waals surface area contributed by atoms with Gasteiger partial charge in [0.1, 0.15) is 5.75 Å². The minimum Gasteiger partial charge on any atom is -0.492 e. The van der Waals surface area contributed by atoms with Gasteiger partial charge in [-0.1, -0.05) is 0 Å². The maximum absolute atomic E-state index is 12.2. The maximum Gasteiger partial charge on any atom is 0.317 e. The summed E-state index contributed by atoms with van der Waals surface area (Å²) in [6, 6.07) is 4.35. The van der Waals surface area contributed by atoms with Crippen molar-refractivity contribution in [2.75, 3.05) is 40.3 Å². The zero-order valence-electron chi connectivity index (χ0n) is 14.2. The Hall–Kier alpha value is -1.82. The molecule has 0 aliphatic carbocycles. The van der Waals surface area contributed by atoms with Crippen LogP contribution in [0.1, 0.15) is 25.7 Å². The topological polar surface area (TPSA) is 57.7 Å². The highest BCUT2D eigenvalue weighted by atomic mass is 16.5. The molecule has 128 valence electrons. The van der Waals surface area contributed by atoms with Crippen molar-refractivity contribution in [2.24, 2.45) is 0 Å². The number of hydrogen-bond acceptors (Lipinski definition) is 4. The molecule has 0 saturated carbocycles. The molecule has 1 aromatic rings. The SMILES string of the molecule is CN(C)[C@@H]1CCCN(C(=O)NCCCOc2cccnc2)CC1. The minimum atomic E-state index is 0.0470. The van der Waals surface area contributed by atoms with Crippen LogP contribution >= 0.6 is 0 Å². The Kier molecular flexibility index (Phi) is 7.13. The average molecular weight is 320 g/mol. The highest BCUT2D eigenvalue weighted by Gasteiger charge is 2.21. The van der Waals surface area contributed by atoms with Gasteiger partial charge < -0.3 is 19.9 Å². The summed E-state index contributed by atoms with van der Waals surface area (Å²) in [5.41, 5.74) is 0. The molecular weight excluding hydrogens is 292 g/mol. The quantitative estimate of drug-likeness (QED) is 0.814. The number of nitrogens with one attached hydrogen (secondary N) is 1. The number of carbonyl (C=O) groups is 1. The van der Waals surface area contributed by atoms with Gasteiger partial charge in [-0.2, -0.15) is 0 Å². The predicted octanol–water partition coefficient (Wildman–Crippen LogP) is 1.98. The van der Waals surface area contributed by atoms with E-state index in [1.165, 1.54) is 0 Å². The second-order valence-electron chi connectivity index (χ2n) is 6.16. The van der Waals surface area contributed by atoms with Crippen molar-refractivity contribution in [2.45, 2.75) is 31.7 Å². The van der Waals surface area contributed by atoms with Crippen molar-refractivity contribution in [3.63, 3.8) is 0 Å². The fraction of sp³-hybridized carbons (Fsp3) is 0.647. The van der Waals surface area contributed by atoms with Crippen molar-refractivity contribution < 1.29 is 9.53 Å². The lowest BCUT2D eigenvalue weighted by molar-refractivity contribution is 0.196. The van der Waals surface area contributed by atoms with E-state index in [1.807, 2.05) is 17.0 Å². The first-order valence-electron chi connectivity index (χ1n) is 8.39. The number of hydrogen-bond donors (Lipinski definition) is 1. The summed E-state index contributed by atoms with van der Waals surface area (Å²) in [5, 5.41) is 2.99. The van der Waals surface area contributed by atoms with E-state index in [4.69, 9.17) is 4.74 Å². The molecule has 0 aromatic carbocycles. The number of nitrogens with zero attached hydrogens (tertiary/aromatic N) is 3. The summed E-state index contributed by atoms with van der Waals surface area (Å²) in [6.07, 6.45) is 7.47. The van der Waals surface area contributed by atoms with Crippen molar-refractivity contribution in [3.05, 3.63) is 24.5 Å².